The van der Waals surface area contributed by atoms with Crippen LogP contribution in [0.15, 0.2) is 40.4 Å². The molecule has 1 aromatic rings. The van der Waals surface area contributed by atoms with E-state index in [1.807, 2.05) is 17.5 Å². The van der Waals surface area contributed by atoms with Gasteiger partial charge in [-0.05, 0) is 42.4 Å². The Morgan fingerprint density at radius 2 is 2.00 bits per heavy atom. The number of hydrogen-bond donors (Lipinski definition) is 3. The van der Waals surface area contributed by atoms with Crippen molar-refractivity contribution >= 4 is 17.7 Å². The van der Waals surface area contributed by atoms with Crippen molar-refractivity contribution in [1.29, 1.82) is 0 Å². The van der Waals surface area contributed by atoms with Crippen molar-refractivity contribution in [1.82, 2.24) is 5.32 Å². The van der Waals surface area contributed by atoms with E-state index in [9.17, 15) is 4.39 Å². The average molecular weight is 280 g/mol. The number of nitrogens with one attached hydrogen (secondary N) is 1. The summed E-state index contributed by atoms with van der Waals surface area (Å²) >= 11 is 1.56. The van der Waals surface area contributed by atoms with Crippen molar-refractivity contribution in [2.45, 2.75) is 24.8 Å². The van der Waals surface area contributed by atoms with Crippen LogP contribution < -0.4 is 16.8 Å². The van der Waals surface area contributed by atoms with Gasteiger partial charge in [0.05, 0.1) is 0 Å². The molecule has 2 rings (SSSR count). The Hall–Kier alpha value is -1.69. The van der Waals surface area contributed by atoms with Crippen LogP contribution in [-0.2, 0) is 6.42 Å². The maximum atomic E-state index is 12.7. The zero-order chi connectivity index (χ0) is 13.7. The summed E-state index contributed by atoms with van der Waals surface area (Å²) in [6, 6.07) is 6.63. The Labute approximate surface area is 116 Å². The molecular formula is C13H17FN4S. The Kier molecular flexibility index (Phi) is 4.68. The lowest BCUT2D eigenvalue weighted by Crippen LogP contribution is -2.28. The number of aliphatic imine (C=N–C) groups is 1. The smallest absolute Gasteiger partial charge is 0.188 e. The molecule has 102 valence electrons. The minimum Gasteiger partial charge on any atom is -0.370 e. The van der Waals surface area contributed by atoms with Crippen molar-refractivity contribution in [2.24, 2.45) is 16.5 Å². The maximum absolute atomic E-state index is 12.7. The van der Waals surface area contributed by atoms with Crippen LogP contribution in [0.2, 0.25) is 0 Å². The summed E-state index contributed by atoms with van der Waals surface area (Å²) < 4.78 is 12.7. The summed E-state index contributed by atoms with van der Waals surface area (Å²) in [4.78, 5) is 4.03. The molecule has 0 spiro atoms. The SMILES string of the molecule is NC(N)=NC1NC(CCCc2ccc(F)cc2)=CS1. The molecule has 1 aliphatic rings. The summed E-state index contributed by atoms with van der Waals surface area (Å²) in [5.41, 5.74) is 12.8. The molecule has 0 radical (unpaired) electrons. The topological polar surface area (TPSA) is 76.4 Å². The minimum absolute atomic E-state index is 0.0889. The number of nitrogens with zero attached hydrogens (tertiary/aromatic N) is 1. The van der Waals surface area contributed by atoms with E-state index in [0.29, 0.717) is 0 Å². The standard InChI is InChI=1S/C13H17FN4S/c14-10-6-4-9(5-7-10)2-1-3-11-8-19-13(17-11)18-12(15)16/h4-8,13,17H,1-3H2,(H4,15,16,18). The fourth-order valence-electron chi connectivity index (χ4n) is 1.84. The monoisotopic (exact) mass is 280 g/mol. The van der Waals surface area contributed by atoms with Gasteiger partial charge in [0.15, 0.2) is 11.5 Å². The third-order valence-electron chi connectivity index (χ3n) is 2.74. The second kappa shape index (κ2) is 6.47. The first-order valence-electron chi connectivity index (χ1n) is 6.08. The van der Waals surface area contributed by atoms with Gasteiger partial charge in [-0.15, -0.1) is 0 Å². The quantitative estimate of drug-likeness (QED) is 0.568. The molecule has 0 saturated heterocycles. The summed E-state index contributed by atoms with van der Waals surface area (Å²) in [5, 5.41) is 5.28. The molecule has 6 heteroatoms. The molecule has 0 aliphatic carbocycles. The predicted molar refractivity (Wildman–Crippen MR) is 77.7 cm³/mol. The van der Waals surface area contributed by atoms with Crippen LogP contribution in [0, 0.1) is 5.82 Å². The summed E-state index contributed by atoms with van der Waals surface area (Å²) in [6.07, 6.45) is 2.86. The number of guanidine groups is 1. The van der Waals surface area contributed by atoms with Gasteiger partial charge in [0.1, 0.15) is 5.82 Å². The molecule has 19 heavy (non-hydrogen) atoms. The Balaban J connectivity index is 1.72. The lowest BCUT2D eigenvalue weighted by Gasteiger charge is -2.08. The fourth-order valence-corrected chi connectivity index (χ4v) is 2.72. The van der Waals surface area contributed by atoms with Gasteiger partial charge in [-0.2, -0.15) is 0 Å². The van der Waals surface area contributed by atoms with Crippen LogP contribution in [0.3, 0.4) is 0 Å². The zero-order valence-electron chi connectivity index (χ0n) is 10.5. The highest BCUT2D eigenvalue weighted by Crippen LogP contribution is 2.24. The molecule has 4 nitrogen and oxygen atoms in total. The number of aryl methyl sites for hydroxylation is 1. The van der Waals surface area contributed by atoms with Crippen LogP contribution in [0.4, 0.5) is 4.39 Å². The number of halogens is 1. The number of nitrogens with two attached hydrogens (primary N) is 2. The normalized spacial score (nSPS) is 17.7. The Bertz CT molecular complexity index is 480. The van der Waals surface area contributed by atoms with Crippen molar-refractivity contribution in [2.75, 3.05) is 0 Å². The third kappa shape index (κ3) is 4.48. The van der Waals surface area contributed by atoms with Crippen LogP contribution in [0.25, 0.3) is 0 Å². The highest BCUT2D eigenvalue weighted by atomic mass is 32.2. The van der Waals surface area contributed by atoms with E-state index in [1.54, 1.807) is 11.8 Å². The Morgan fingerprint density at radius 3 is 2.68 bits per heavy atom. The largest absolute Gasteiger partial charge is 0.370 e. The number of benzene rings is 1. The molecule has 0 bridgehead atoms. The van der Waals surface area contributed by atoms with Gasteiger partial charge in [0.25, 0.3) is 0 Å². The van der Waals surface area contributed by atoms with Crippen LogP contribution in [0.1, 0.15) is 18.4 Å². The molecule has 1 unspecified atom stereocenters. The first-order valence-corrected chi connectivity index (χ1v) is 7.02. The second-order valence-corrected chi connectivity index (χ2v) is 5.26. The number of rotatable bonds is 5. The fraction of sp³-hybridized carbons (Fsp3) is 0.308. The van der Waals surface area contributed by atoms with Crippen molar-refractivity contribution in [3.63, 3.8) is 0 Å². The average Bonchev–Trinajstić information content (AvgIpc) is 2.78. The van der Waals surface area contributed by atoms with Crippen molar-refractivity contribution < 1.29 is 4.39 Å². The van der Waals surface area contributed by atoms with Gasteiger partial charge in [-0.1, -0.05) is 23.9 Å². The van der Waals surface area contributed by atoms with Gasteiger partial charge in [-0.3, -0.25) is 0 Å². The molecule has 1 aromatic carbocycles. The highest BCUT2D eigenvalue weighted by molar-refractivity contribution is 8.02. The van der Waals surface area contributed by atoms with E-state index in [2.05, 4.69) is 10.3 Å². The van der Waals surface area contributed by atoms with E-state index in [0.717, 1.165) is 30.5 Å². The molecule has 0 amide bonds. The summed E-state index contributed by atoms with van der Waals surface area (Å²) in [7, 11) is 0. The summed E-state index contributed by atoms with van der Waals surface area (Å²) in [6.45, 7) is 0. The van der Waals surface area contributed by atoms with E-state index >= 15 is 0 Å². The van der Waals surface area contributed by atoms with E-state index in [1.165, 1.54) is 12.1 Å². The van der Waals surface area contributed by atoms with Gasteiger partial charge in [-0.25, -0.2) is 9.38 Å². The third-order valence-corrected chi connectivity index (χ3v) is 3.64. The predicted octanol–water partition coefficient (Wildman–Crippen LogP) is 1.88. The van der Waals surface area contributed by atoms with Crippen LogP contribution in [0.5, 0.6) is 0 Å². The van der Waals surface area contributed by atoms with E-state index in [4.69, 9.17) is 11.5 Å². The molecule has 0 fully saturated rings. The lowest BCUT2D eigenvalue weighted by atomic mass is 10.1. The zero-order valence-corrected chi connectivity index (χ0v) is 11.3. The molecule has 1 aliphatic heterocycles. The highest BCUT2D eigenvalue weighted by Gasteiger charge is 2.14. The van der Waals surface area contributed by atoms with Gasteiger partial charge in [0, 0.05) is 5.70 Å². The first kappa shape index (κ1) is 13.7. The lowest BCUT2D eigenvalue weighted by molar-refractivity contribution is 0.626. The second-order valence-electron chi connectivity index (χ2n) is 4.31. The van der Waals surface area contributed by atoms with E-state index in [-0.39, 0.29) is 17.3 Å². The molecule has 1 heterocycles. The van der Waals surface area contributed by atoms with Crippen molar-refractivity contribution in [3.8, 4) is 0 Å². The van der Waals surface area contributed by atoms with Crippen LogP contribution in [-0.4, -0.2) is 11.5 Å². The molecule has 0 aromatic heterocycles. The van der Waals surface area contributed by atoms with E-state index < -0.39 is 0 Å². The van der Waals surface area contributed by atoms with Crippen molar-refractivity contribution in [3.05, 3.63) is 46.8 Å². The first-order chi connectivity index (χ1) is 9.13. The Morgan fingerprint density at radius 1 is 1.26 bits per heavy atom. The maximum Gasteiger partial charge on any atom is 0.188 e. The molecule has 1 atom stereocenters. The minimum atomic E-state index is -0.194. The molecular weight excluding hydrogens is 263 g/mol. The van der Waals surface area contributed by atoms with Crippen LogP contribution >= 0.6 is 11.8 Å². The molecule has 0 saturated carbocycles. The van der Waals surface area contributed by atoms with Gasteiger partial charge in [0.2, 0.25) is 0 Å². The number of allylic oxidation sites excluding steroid dienone is 1. The van der Waals surface area contributed by atoms with Gasteiger partial charge < -0.3 is 16.8 Å². The van der Waals surface area contributed by atoms with Gasteiger partial charge >= 0.3 is 0 Å². The molecule has 5 N–H and O–H groups in total. The summed E-state index contributed by atoms with van der Waals surface area (Å²) in [5.74, 6) is -0.105. The number of hydrogen-bond acceptors (Lipinski definition) is 3. The number of thioether (sulfide) groups is 1.